The maximum Gasteiger partial charge on any atom is 0.249 e. The van der Waals surface area contributed by atoms with E-state index in [1.165, 1.54) is 0 Å². The van der Waals surface area contributed by atoms with Gasteiger partial charge in [0.15, 0.2) is 0 Å². The molecule has 0 aromatic heterocycles. The maximum atomic E-state index is 8.44. The molecular formula is CHO3-. The molecule has 0 spiro atoms. The molecule has 0 saturated heterocycles. The van der Waals surface area contributed by atoms with Gasteiger partial charge in [-0.05, 0) is 0 Å². The third kappa shape index (κ3) is 0.174. The molecule has 24 valence electrons. The van der Waals surface area contributed by atoms with E-state index in [0.29, 0.717) is 0 Å². The summed E-state index contributed by atoms with van der Waals surface area (Å²) in [7, 11) is 0. The highest BCUT2D eigenvalue weighted by Crippen LogP contribution is 1.32. The molecule has 0 aliphatic carbocycles. The first-order valence-electron chi connectivity index (χ1n) is 0.632. The maximum absolute atomic E-state index is 8.44. The van der Waals surface area contributed by atoms with Crippen LogP contribution in [-0.2, 0) is 0 Å². The largest absolute Gasteiger partial charge is 0.565 e. The van der Waals surface area contributed by atoms with Crippen molar-refractivity contribution >= 4 is 6.16 Å². The average Bonchev–Trinajstić information content (AvgIpc) is 0.811. The van der Waals surface area contributed by atoms with Crippen molar-refractivity contribution in [2.45, 2.75) is 0 Å². The standard InChI is InChI=1S/CH2O3/c2-1(3)4/h(H2,2,3,4)/p-1/i1+1. The van der Waals surface area contributed by atoms with Crippen LogP contribution in [0.15, 0.2) is 0 Å². The van der Waals surface area contributed by atoms with Crippen LogP contribution in [0.25, 0.3) is 0 Å². The van der Waals surface area contributed by atoms with Crippen molar-refractivity contribution in [2.75, 3.05) is 0 Å². The highest BCUT2D eigenvalue weighted by molar-refractivity contribution is 5.50. The number of carboxylic acid groups (broad SMARTS) is 2. The van der Waals surface area contributed by atoms with Gasteiger partial charge >= 0.3 is 0 Å². The van der Waals surface area contributed by atoms with Gasteiger partial charge in [-0.1, -0.05) is 0 Å². The third-order valence-electron chi connectivity index (χ3n) is 0. The van der Waals surface area contributed by atoms with Crippen LogP contribution in [0.3, 0.4) is 0 Å². The topological polar surface area (TPSA) is 60.4 Å². The summed E-state index contributed by atoms with van der Waals surface area (Å²) in [5.41, 5.74) is 0. The van der Waals surface area contributed by atoms with Crippen LogP contribution in [0.1, 0.15) is 0 Å². The van der Waals surface area contributed by atoms with Gasteiger partial charge in [-0.3, -0.25) is 0 Å². The molecule has 0 aliphatic heterocycles. The molecule has 0 rings (SSSR count). The average molecular weight is 62.0 g/mol. The van der Waals surface area contributed by atoms with Crippen molar-refractivity contribution in [3.8, 4) is 0 Å². The highest BCUT2D eigenvalue weighted by atomic mass is 16.7. The molecule has 0 aromatic carbocycles. The van der Waals surface area contributed by atoms with E-state index < -0.39 is 6.16 Å². The number of hydrogen-bond acceptors (Lipinski definition) is 2. The van der Waals surface area contributed by atoms with Gasteiger partial charge < -0.3 is 15.0 Å². The van der Waals surface area contributed by atoms with E-state index in [1.807, 2.05) is 0 Å². The number of hydrogen-bond donors (Lipinski definition) is 1. The molecule has 0 radical (unpaired) electrons. The minimum Gasteiger partial charge on any atom is -0.565 e. The van der Waals surface area contributed by atoms with Crippen molar-refractivity contribution in [1.29, 1.82) is 0 Å². The highest BCUT2D eigenvalue weighted by Gasteiger charge is 1.51. The monoisotopic (exact) mass is 62.0 g/mol. The Bertz CT molecular complexity index is 26.3. The molecule has 0 amide bonds. The normalized spacial score (nSPS) is 6.00. The van der Waals surface area contributed by atoms with Gasteiger partial charge in [0, 0.05) is 0 Å². The van der Waals surface area contributed by atoms with Crippen molar-refractivity contribution in [1.82, 2.24) is 0 Å². The van der Waals surface area contributed by atoms with E-state index in [0.717, 1.165) is 0 Å². The smallest absolute Gasteiger partial charge is 0.249 e. The molecule has 0 fully saturated rings. The zero-order valence-corrected chi connectivity index (χ0v) is 1.76. The van der Waals surface area contributed by atoms with E-state index in [-0.39, 0.29) is 0 Å². The van der Waals surface area contributed by atoms with E-state index >= 15 is 0 Å². The first kappa shape index (κ1) is 3.27. The predicted molar refractivity (Wildman–Crippen MR) is 8.02 cm³/mol. The Balaban J connectivity index is 2.80. The summed E-state index contributed by atoms with van der Waals surface area (Å²) >= 11 is 0. The summed E-state index contributed by atoms with van der Waals surface area (Å²) in [6, 6.07) is 0. The van der Waals surface area contributed by atoms with Crippen molar-refractivity contribution < 1.29 is 15.0 Å². The Labute approximate surface area is 22.5 Å². The summed E-state index contributed by atoms with van der Waals surface area (Å²) in [5.74, 6) is 0. The molecule has 0 atom stereocenters. The molecule has 0 aromatic rings. The van der Waals surface area contributed by atoms with Crippen molar-refractivity contribution in [3.63, 3.8) is 0 Å². The lowest BCUT2D eigenvalue weighted by Crippen LogP contribution is -2.17. The zero-order chi connectivity index (χ0) is 3.58. The lowest BCUT2D eigenvalue weighted by molar-refractivity contribution is -0.275. The van der Waals surface area contributed by atoms with Crippen molar-refractivity contribution in [2.24, 2.45) is 0 Å². The fourth-order valence-corrected chi connectivity index (χ4v) is 0. The summed E-state index contributed by atoms with van der Waals surface area (Å²) in [6.45, 7) is 0. The Kier molecular flexibility index (Phi) is 0.581. The van der Waals surface area contributed by atoms with Gasteiger partial charge in [-0.15, -0.1) is 0 Å². The van der Waals surface area contributed by atoms with E-state index in [1.54, 1.807) is 0 Å². The molecule has 0 bridgehead atoms. The van der Waals surface area contributed by atoms with Crippen LogP contribution in [0.5, 0.6) is 0 Å². The van der Waals surface area contributed by atoms with Gasteiger partial charge in [-0.25, -0.2) is 0 Å². The molecule has 0 heterocycles. The fraction of sp³-hybridized carbons (Fsp3) is 0. The Hall–Kier alpha value is -0.730. The molecular weight excluding hydrogens is 61.0 g/mol. The Morgan fingerprint density at radius 3 is 2.00 bits per heavy atom. The number of carbonyl (C=O) groups is 1. The minimum absolute atomic E-state index is 2.08. The second-order valence-corrected chi connectivity index (χ2v) is 0.266. The summed E-state index contributed by atoms with van der Waals surface area (Å²) < 4.78 is 0. The SMILES string of the molecule is O=[13C]([O-])O. The van der Waals surface area contributed by atoms with E-state index in [9.17, 15) is 0 Å². The zero-order valence-electron chi connectivity index (χ0n) is 1.76. The van der Waals surface area contributed by atoms with Crippen molar-refractivity contribution in [3.05, 3.63) is 0 Å². The third-order valence-corrected chi connectivity index (χ3v) is 0. The predicted octanol–water partition coefficient (Wildman–Crippen LogP) is -1.11. The second kappa shape index (κ2) is 0.711. The van der Waals surface area contributed by atoms with Gasteiger partial charge in [0.05, 0.1) is 0 Å². The quantitative estimate of drug-likeness (QED) is 0.362. The first-order valence-corrected chi connectivity index (χ1v) is 0.632. The molecule has 3 heteroatoms. The first-order chi connectivity index (χ1) is 1.73. The Morgan fingerprint density at radius 1 is 2.00 bits per heavy atom. The van der Waals surface area contributed by atoms with E-state index in [2.05, 4.69) is 0 Å². The lowest BCUT2D eigenvalue weighted by atomic mass is 12.3. The van der Waals surface area contributed by atoms with Gasteiger partial charge in [0.2, 0.25) is 6.16 Å². The molecule has 0 unspecified atom stereocenters. The van der Waals surface area contributed by atoms with Crippen LogP contribution < -0.4 is 5.11 Å². The van der Waals surface area contributed by atoms with Crippen LogP contribution in [0.2, 0.25) is 0 Å². The van der Waals surface area contributed by atoms with Crippen LogP contribution in [0, 0.1) is 0 Å². The molecule has 0 aliphatic rings. The lowest BCUT2D eigenvalue weighted by Gasteiger charge is -1.74. The van der Waals surface area contributed by atoms with Gasteiger partial charge in [0.25, 0.3) is 0 Å². The summed E-state index contributed by atoms with van der Waals surface area (Å²) in [5, 5.41) is 15.3. The Morgan fingerprint density at radius 2 is 2.00 bits per heavy atom. The molecule has 0 saturated carbocycles. The summed E-state index contributed by atoms with van der Waals surface area (Å²) in [6.07, 6.45) is -2.08. The van der Waals surface area contributed by atoms with E-state index in [4.69, 9.17) is 15.0 Å². The van der Waals surface area contributed by atoms with Crippen LogP contribution in [-0.4, -0.2) is 11.3 Å². The molecule has 3 nitrogen and oxygen atoms in total. The molecule has 1 N–H and O–H groups in total. The second-order valence-electron chi connectivity index (χ2n) is 0.266. The van der Waals surface area contributed by atoms with Crippen LogP contribution in [0.4, 0.5) is 4.79 Å². The fourth-order valence-electron chi connectivity index (χ4n) is 0. The van der Waals surface area contributed by atoms with Crippen LogP contribution >= 0.6 is 0 Å². The van der Waals surface area contributed by atoms with Gasteiger partial charge in [-0.2, -0.15) is 0 Å². The minimum atomic E-state index is -2.08. The van der Waals surface area contributed by atoms with Gasteiger partial charge in [0.1, 0.15) is 0 Å². The molecule has 4 heavy (non-hydrogen) atoms. The summed E-state index contributed by atoms with van der Waals surface area (Å²) in [4.78, 5) is 8.44. The number of rotatable bonds is 0.